The van der Waals surface area contributed by atoms with Crippen molar-refractivity contribution in [3.8, 4) is 0 Å². The van der Waals surface area contributed by atoms with Crippen LogP contribution >= 0.6 is 0 Å². The SMILES string of the molecule is CCCCCCCC(O)=C1C(=O)C[C@H](C(=O)O)OC1=O. The van der Waals surface area contributed by atoms with Crippen LogP contribution in [0.1, 0.15) is 51.9 Å². The van der Waals surface area contributed by atoms with E-state index in [0.717, 1.165) is 25.7 Å². The number of carboxylic acids is 1. The summed E-state index contributed by atoms with van der Waals surface area (Å²) in [7, 11) is 0. The van der Waals surface area contributed by atoms with E-state index in [-0.39, 0.29) is 12.2 Å². The molecule has 0 radical (unpaired) electrons. The second-order valence-electron chi connectivity index (χ2n) is 4.85. The predicted molar refractivity (Wildman–Crippen MR) is 70.2 cm³/mol. The van der Waals surface area contributed by atoms with Gasteiger partial charge >= 0.3 is 11.9 Å². The fourth-order valence-electron chi connectivity index (χ4n) is 2.05. The van der Waals surface area contributed by atoms with Crippen LogP contribution < -0.4 is 0 Å². The van der Waals surface area contributed by atoms with Gasteiger partial charge in [-0.1, -0.05) is 32.6 Å². The Kier molecular flexibility index (Phi) is 6.21. The number of rotatable bonds is 7. The Hall–Kier alpha value is -1.85. The fraction of sp³-hybridized carbons (Fsp3) is 0.643. The normalized spacial score (nSPS) is 21.6. The van der Waals surface area contributed by atoms with Crippen LogP contribution in [0.3, 0.4) is 0 Å². The highest BCUT2D eigenvalue weighted by molar-refractivity contribution is 6.20. The third-order valence-electron chi connectivity index (χ3n) is 3.18. The monoisotopic (exact) mass is 284 g/mol. The number of ether oxygens (including phenoxy) is 1. The van der Waals surface area contributed by atoms with Crippen LogP contribution in [0, 0.1) is 0 Å². The minimum Gasteiger partial charge on any atom is -0.511 e. The van der Waals surface area contributed by atoms with Crippen LogP contribution in [0.15, 0.2) is 11.3 Å². The van der Waals surface area contributed by atoms with Crippen molar-refractivity contribution >= 4 is 17.7 Å². The number of hydrogen-bond acceptors (Lipinski definition) is 5. The molecule has 0 spiro atoms. The number of Topliss-reactive ketones (excluding diaryl/α,β-unsaturated/α-hetero) is 1. The summed E-state index contributed by atoms with van der Waals surface area (Å²) in [4.78, 5) is 34.0. The van der Waals surface area contributed by atoms with Gasteiger partial charge in [0, 0.05) is 6.42 Å². The van der Waals surface area contributed by atoms with Gasteiger partial charge < -0.3 is 14.9 Å². The molecule has 20 heavy (non-hydrogen) atoms. The number of carbonyl (C=O) groups excluding carboxylic acids is 2. The van der Waals surface area contributed by atoms with Crippen LogP contribution in [0.2, 0.25) is 0 Å². The molecule has 6 heteroatoms. The van der Waals surface area contributed by atoms with E-state index in [1.807, 2.05) is 0 Å². The molecular formula is C14H20O6. The lowest BCUT2D eigenvalue weighted by Crippen LogP contribution is -2.37. The van der Waals surface area contributed by atoms with Gasteiger partial charge in [0.15, 0.2) is 5.78 Å². The standard InChI is InChI=1S/C14H20O6/c1-2-3-4-5-6-7-9(15)12-10(16)8-11(13(17)18)20-14(12)19/h11,15H,2-8H2,1H3,(H,17,18)/t11-/m1/s1. The molecule has 1 aliphatic heterocycles. The Morgan fingerprint density at radius 3 is 2.40 bits per heavy atom. The van der Waals surface area contributed by atoms with E-state index < -0.39 is 35.8 Å². The molecule has 0 aromatic rings. The van der Waals surface area contributed by atoms with Crippen molar-refractivity contribution in [2.45, 2.75) is 58.0 Å². The average Bonchev–Trinajstić information content (AvgIpc) is 2.37. The molecular weight excluding hydrogens is 264 g/mol. The van der Waals surface area contributed by atoms with Crippen molar-refractivity contribution in [1.29, 1.82) is 0 Å². The molecule has 0 saturated carbocycles. The molecule has 1 atom stereocenters. The van der Waals surface area contributed by atoms with Crippen LogP contribution in [-0.2, 0) is 19.1 Å². The van der Waals surface area contributed by atoms with E-state index in [9.17, 15) is 19.5 Å². The Balaban J connectivity index is 2.59. The van der Waals surface area contributed by atoms with Gasteiger partial charge in [0.1, 0.15) is 11.3 Å². The number of unbranched alkanes of at least 4 members (excludes halogenated alkanes) is 4. The van der Waals surface area contributed by atoms with E-state index in [1.165, 1.54) is 0 Å². The molecule has 1 rings (SSSR count). The lowest BCUT2D eigenvalue weighted by Gasteiger charge is -2.20. The van der Waals surface area contributed by atoms with Gasteiger partial charge in [-0.15, -0.1) is 0 Å². The van der Waals surface area contributed by atoms with Gasteiger partial charge in [0.2, 0.25) is 6.10 Å². The van der Waals surface area contributed by atoms with Crippen LogP contribution in [0.25, 0.3) is 0 Å². The first-order chi connectivity index (χ1) is 9.47. The van der Waals surface area contributed by atoms with Crippen molar-refractivity contribution in [3.63, 3.8) is 0 Å². The van der Waals surface area contributed by atoms with Gasteiger partial charge in [-0.3, -0.25) is 4.79 Å². The smallest absolute Gasteiger partial charge is 0.346 e. The van der Waals surface area contributed by atoms with Crippen molar-refractivity contribution < 1.29 is 29.3 Å². The molecule has 1 fully saturated rings. The maximum absolute atomic E-state index is 11.7. The molecule has 0 bridgehead atoms. The highest BCUT2D eigenvalue weighted by Crippen LogP contribution is 2.22. The molecule has 0 aromatic heterocycles. The van der Waals surface area contributed by atoms with Crippen molar-refractivity contribution in [2.24, 2.45) is 0 Å². The van der Waals surface area contributed by atoms with Crippen molar-refractivity contribution in [2.75, 3.05) is 0 Å². The molecule has 1 heterocycles. The molecule has 0 aromatic carbocycles. The zero-order chi connectivity index (χ0) is 15.1. The number of carboxylic acid groups (broad SMARTS) is 1. The topological polar surface area (TPSA) is 101 Å². The van der Waals surface area contributed by atoms with Crippen molar-refractivity contribution in [3.05, 3.63) is 11.3 Å². The first-order valence-electron chi connectivity index (χ1n) is 6.86. The third kappa shape index (κ3) is 4.36. The van der Waals surface area contributed by atoms with Crippen LogP contribution in [0.4, 0.5) is 0 Å². The van der Waals surface area contributed by atoms with Gasteiger partial charge in [0.05, 0.1) is 6.42 Å². The lowest BCUT2D eigenvalue weighted by atomic mass is 9.98. The summed E-state index contributed by atoms with van der Waals surface area (Å²) in [5.41, 5.74) is -0.391. The summed E-state index contributed by atoms with van der Waals surface area (Å²) in [5.74, 6) is -3.36. The molecule has 0 amide bonds. The van der Waals surface area contributed by atoms with Crippen LogP contribution in [0.5, 0.6) is 0 Å². The zero-order valence-electron chi connectivity index (χ0n) is 11.6. The first-order valence-corrected chi connectivity index (χ1v) is 6.86. The summed E-state index contributed by atoms with van der Waals surface area (Å²) in [5, 5.41) is 18.5. The first kappa shape index (κ1) is 16.2. The molecule has 2 N–H and O–H groups in total. The van der Waals surface area contributed by atoms with E-state index in [0.29, 0.717) is 6.42 Å². The van der Waals surface area contributed by atoms with E-state index in [1.54, 1.807) is 0 Å². The lowest BCUT2D eigenvalue weighted by molar-refractivity contribution is -0.166. The average molecular weight is 284 g/mol. The molecule has 0 unspecified atom stereocenters. The number of carbonyl (C=O) groups is 3. The summed E-state index contributed by atoms with van der Waals surface area (Å²) < 4.78 is 4.62. The maximum atomic E-state index is 11.7. The van der Waals surface area contributed by atoms with Gasteiger partial charge in [-0.2, -0.15) is 0 Å². The minimum absolute atomic E-state index is 0.234. The predicted octanol–water partition coefficient (Wildman–Crippen LogP) is 2.13. The highest BCUT2D eigenvalue weighted by atomic mass is 16.6. The fourth-order valence-corrected chi connectivity index (χ4v) is 2.05. The Morgan fingerprint density at radius 1 is 1.20 bits per heavy atom. The number of aliphatic hydroxyl groups excluding tert-OH is 1. The van der Waals surface area contributed by atoms with Crippen molar-refractivity contribution in [1.82, 2.24) is 0 Å². The van der Waals surface area contributed by atoms with Gasteiger partial charge in [-0.05, 0) is 6.42 Å². The molecule has 1 aliphatic rings. The molecule has 1 saturated heterocycles. The number of cyclic esters (lactones) is 1. The van der Waals surface area contributed by atoms with E-state index in [4.69, 9.17) is 5.11 Å². The number of ketones is 1. The number of allylic oxidation sites excluding steroid dienone is 1. The Labute approximate surface area is 117 Å². The molecule has 0 aliphatic carbocycles. The van der Waals surface area contributed by atoms with E-state index >= 15 is 0 Å². The van der Waals surface area contributed by atoms with Crippen LogP contribution in [-0.4, -0.2) is 34.0 Å². The molecule has 6 nitrogen and oxygen atoms in total. The van der Waals surface area contributed by atoms with Gasteiger partial charge in [0.25, 0.3) is 0 Å². The second-order valence-corrected chi connectivity index (χ2v) is 4.85. The summed E-state index contributed by atoms with van der Waals surface area (Å²) in [6.45, 7) is 2.09. The summed E-state index contributed by atoms with van der Waals surface area (Å²) >= 11 is 0. The molecule has 112 valence electrons. The summed E-state index contributed by atoms with van der Waals surface area (Å²) in [6.07, 6.45) is 3.21. The number of aliphatic hydroxyl groups is 1. The number of aliphatic carboxylic acids is 1. The largest absolute Gasteiger partial charge is 0.511 e. The zero-order valence-corrected chi connectivity index (χ0v) is 11.6. The number of esters is 1. The number of hydrogen-bond donors (Lipinski definition) is 2. The minimum atomic E-state index is -1.45. The third-order valence-corrected chi connectivity index (χ3v) is 3.18. The Bertz CT molecular complexity index is 403. The Morgan fingerprint density at radius 2 is 1.85 bits per heavy atom. The second kappa shape index (κ2) is 7.67. The highest BCUT2D eigenvalue weighted by Gasteiger charge is 2.38. The quantitative estimate of drug-likeness (QED) is 0.244. The maximum Gasteiger partial charge on any atom is 0.346 e. The van der Waals surface area contributed by atoms with E-state index in [2.05, 4.69) is 11.7 Å². The summed E-state index contributed by atoms with van der Waals surface area (Å²) in [6, 6.07) is 0. The van der Waals surface area contributed by atoms with Gasteiger partial charge in [-0.25, -0.2) is 9.59 Å².